The van der Waals surface area contributed by atoms with Crippen molar-refractivity contribution in [2.24, 2.45) is 0 Å². The number of allylic oxidation sites excluding steroid dienone is 2. The van der Waals surface area contributed by atoms with Crippen LogP contribution in [0.2, 0.25) is 0 Å². The van der Waals surface area contributed by atoms with Gasteiger partial charge in [-0.25, -0.2) is 4.98 Å². The van der Waals surface area contributed by atoms with E-state index in [-0.39, 0.29) is 0 Å². The molecule has 0 fully saturated rings. The quantitative estimate of drug-likeness (QED) is 0.135. The second-order valence-corrected chi connectivity index (χ2v) is 20.3. The van der Waals surface area contributed by atoms with Gasteiger partial charge < -0.3 is 18.3 Å². The number of rotatable bonds is 9. The van der Waals surface area contributed by atoms with Crippen molar-refractivity contribution in [2.75, 3.05) is 0 Å². The van der Waals surface area contributed by atoms with Crippen molar-refractivity contribution in [1.29, 1.82) is 5.26 Å². The first kappa shape index (κ1) is 45.6. The van der Waals surface area contributed by atoms with Gasteiger partial charge in [0, 0.05) is 77.0 Å². The van der Waals surface area contributed by atoms with Gasteiger partial charge in [0.2, 0.25) is 0 Å². The summed E-state index contributed by atoms with van der Waals surface area (Å²) in [6.07, 6.45) is 6.02. The summed E-state index contributed by atoms with van der Waals surface area (Å²) in [6, 6.07) is 89.0. The van der Waals surface area contributed by atoms with Gasteiger partial charge in [0.25, 0.3) is 0 Å². The van der Waals surface area contributed by atoms with Crippen LogP contribution in [0.15, 0.2) is 261 Å². The SMILES string of the molecule is C=C/C=C\c1c(C)n(-c2cc(C#N)c(-c3cc(-c4ccccc4)nc(-c4ccccc4)c3)cc2-n2c3ccccc3c3cc(-n4c5ccccc5c5ccccc54)ccc32)c2ccc(-n3c4ccccc4c4ccccc43)cc12. The van der Waals surface area contributed by atoms with Crippen LogP contribution in [-0.2, 0) is 0 Å². The van der Waals surface area contributed by atoms with E-state index in [1.807, 2.05) is 48.6 Å². The maximum Gasteiger partial charge on any atom is 0.0998 e. The van der Waals surface area contributed by atoms with Crippen molar-refractivity contribution in [1.82, 2.24) is 23.3 Å². The molecule has 0 bridgehead atoms. The number of hydrogen-bond acceptors (Lipinski definition) is 2. The van der Waals surface area contributed by atoms with Gasteiger partial charge in [-0.15, -0.1) is 0 Å². The highest BCUT2D eigenvalue weighted by molar-refractivity contribution is 6.13. The summed E-state index contributed by atoms with van der Waals surface area (Å²) in [7, 11) is 0. The first-order valence-corrected chi connectivity index (χ1v) is 26.7. The van der Waals surface area contributed by atoms with Crippen LogP contribution in [0.3, 0.4) is 0 Å². The van der Waals surface area contributed by atoms with E-state index in [0.717, 1.165) is 122 Å². The summed E-state index contributed by atoms with van der Waals surface area (Å²) in [5.41, 5.74) is 19.6. The van der Waals surface area contributed by atoms with Crippen LogP contribution in [0.4, 0.5) is 0 Å². The van der Waals surface area contributed by atoms with Crippen LogP contribution in [0.25, 0.3) is 139 Å². The van der Waals surface area contributed by atoms with Crippen LogP contribution >= 0.6 is 0 Å². The zero-order valence-corrected chi connectivity index (χ0v) is 43.2. The minimum absolute atomic E-state index is 0.545. The van der Waals surface area contributed by atoms with Crippen molar-refractivity contribution in [3.8, 4) is 62.5 Å². The van der Waals surface area contributed by atoms with Gasteiger partial charge in [0.1, 0.15) is 0 Å². The Morgan fingerprint density at radius 3 is 1.28 bits per heavy atom. The van der Waals surface area contributed by atoms with Gasteiger partial charge in [0.15, 0.2) is 0 Å². The summed E-state index contributed by atoms with van der Waals surface area (Å²) in [6.45, 7) is 6.30. The molecule has 0 aliphatic rings. The maximum absolute atomic E-state index is 11.6. The Morgan fingerprint density at radius 2 is 0.797 bits per heavy atom. The van der Waals surface area contributed by atoms with Crippen molar-refractivity contribution >= 4 is 82.4 Å². The minimum Gasteiger partial charge on any atom is -0.311 e. The molecule has 0 amide bonds. The Bertz CT molecular complexity index is 4890. The van der Waals surface area contributed by atoms with Gasteiger partial charge in [0.05, 0.1) is 73.0 Å². The van der Waals surface area contributed by atoms with Gasteiger partial charge in [-0.1, -0.05) is 176 Å². The third-order valence-electron chi connectivity index (χ3n) is 16.0. The summed E-state index contributed by atoms with van der Waals surface area (Å²) in [4.78, 5) is 5.26. The Balaban J connectivity index is 1.03. The van der Waals surface area contributed by atoms with Gasteiger partial charge in [-0.05, 0) is 103 Å². The van der Waals surface area contributed by atoms with E-state index in [1.54, 1.807) is 0 Å². The van der Waals surface area contributed by atoms with E-state index in [9.17, 15) is 5.26 Å². The molecular formula is C73H48N6. The van der Waals surface area contributed by atoms with E-state index in [1.165, 1.54) is 21.5 Å². The molecule has 0 N–H and O–H groups in total. The predicted molar refractivity (Wildman–Crippen MR) is 329 cm³/mol. The van der Waals surface area contributed by atoms with Crippen LogP contribution in [-0.4, -0.2) is 23.3 Å². The van der Waals surface area contributed by atoms with Crippen LogP contribution in [0, 0.1) is 18.3 Å². The molecule has 0 aliphatic carbocycles. The first-order chi connectivity index (χ1) is 39.0. The molecule has 10 aromatic carbocycles. The lowest BCUT2D eigenvalue weighted by Crippen LogP contribution is -2.07. The van der Waals surface area contributed by atoms with E-state index in [4.69, 9.17) is 4.98 Å². The third kappa shape index (κ3) is 7.14. The summed E-state index contributed by atoms with van der Waals surface area (Å²) in [5, 5.41) is 19.7. The highest BCUT2D eigenvalue weighted by Crippen LogP contribution is 2.44. The smallest absolute Gasteiger partial charge is 0.0998 e. The van der Waals surface area contributed by atoms with Gasteiger partial charge >= 0.3 is 0 Å². The fourth-order valence-electron chi connectivity index (χ4n) is 12.5. The summed E-state index contributed by atoms with van der Waals surface area (Å²) < 4.78 is 9.53. The lowest BCUT2D eigenvalue weighted by atomic mass is 9.95. The predicted octanol–water partition coefficient (Wildman–Crippen LogP) is 18.7. The standard InChI is InChI=1S/C73H48N6/c1-3-4-25-54-47(2)76(70-38-36-52(43-61(54)70)77-65-31-16-11-26-55(65)56-27-12-17-32-66(56)77)72-42-51(46-74)60(50-40-63(48-21-7-5-8-22-48)75-64(41-50)49-23-9-6-10-24-49)45-73(72)79-69-35-20-15-30-59(69)62-44-53(37-39-71(62)79)78-67-33-18-13-28-57(67)58-29-14-19-34-68(58)78/h3-45H,1H2,2H3/b25-4-. The average molecular weight is 1010 g/mol. The molecule has 6 nitrogen and oxygen atoms in total. The molecule has 0 atom stereocenters. The monoisotopic (exact) mass is 1010 g/mol. The van der Waals surface area contributed by atoms with Crippen molar-refractivity contribution in [2.45, 2.75) is 6.92 Å². The molecule has 15 aromatic rings. The molecule has 0 unspecified atom stereocenters. The number of fused-ring (bicyclic) bond motifs is 10. The minimum atomic E-state index is 0.545. The van der Waals surface area contributed by atoms with E-state index in [2.05, 4.69) is 250 Å². The second-order valence-electron chi connectivity index (χ2n) is 20.3. The molecule has 79 heavy (non-hydrogen) atoms. The Kier molecular flexibility index (Phi) is 10.5. The van der Waals surface area contributed by atoms with E-state index in [0.29, 0.717) is 5.56 Å². The van der Waals surface area contributed by atoms with Crippen LogP contribution in [0.5, 0.6) is 0 Å². The highest BCUT2D eigenvalue weighted by atomic mass is 15.1. The molecule has 15 rings (SSSR count). The molecule has 6 heteroatoms. The molecule has 0 saturated carbocycles. The fourth-order valence-corrected chi connectivity index (χ4v) is 12.5. The Labute approximate surface area is 456 Å². The maximum atomic E-state index is 11.6. The van der Waals surface area contributed by atoms with E-state index >= 15 is 0 Å². The van der Waals surface area contributed by atoms with Crippen LogP contribution < -0.4 is 0 Å². The lowest BCUT2D eigenvalue weighted by Gasteiger charge is -2.20. The number of hydrogen-bond donors (Lipinski definition) is 0. The molecule has 370 valence electrons. The van der Waals surface area contributed by atoms with Crippen LogP contribution in [0.1, 0.15) is 16.8 Å². The number of benzene rings is 10. The second kappa shape index (κ2) is 18.2. The molecule has 5 aromatic heterocycles. The molecular weight excluding hydrogens is 961 g/mol. The summed E-state index contributed by atoms with van der Waals surface area (Å²) >= 11 is 0. The largest absolute Gasteiger partial charge is 0.311 e. The number of para-hydroxylation sites is 5. The average Bonchev–Trinajstić information content (AvgIpc) is 4.42. The molecule has 0 radical (unpaired) electrons. The topological polar surface area (TPSA) is 56.4 Å². The Hall–Kier alpha value is -10.7. The number of pyridine rings is 1. The molecule has 0 saturated heterocycles. The highest BCUT2D eigenvalue weighted by Gasteiger charge is 2.25. The van der Waals surface area contributed by atoms with Gasteiger partial charge in [-0.2, -0.15) is 5.26 Å². The van der Waals surface area contributed by atoms with E-state index < -0.39 is 0 Å². The molecule has 0 aliphatic heterocycles. The third-order valence-corrected chi connectivity index (χ3v) is 16.0. The normalized spacial score (nSPS) is 11.8. The summed E-state index contributed by atoms with van der Waals surface area (Å²) in [5.74, 6) is 0. The number of nitriles is 1. The first-order valence-electron chi connectivity index (χ1n) is 26.7. The van der Waals surface area contributed by atoms with Gasteiger partial charge in [-0.3, -0.25) is 0 Å². The number of aromatic nitrogens is 5. The van der Waals surface area contributed by atoms with Crippen molar-refractivity contribution in [3.63, 3.8) is 0 Å². The molecule has 0 spiro atoms. The zero-order chi connectivity index (χ0) is 52.7. The molecule has 5 heterocycles. The van der Waals surface area contributed by atoms with Crippen molar-refractivity contribution < 1.29 is 0 Å². The lowest BCUT2D eigenvalue weighted by molar-refractivity contribution is 1.02. The Morgan fingerprint density at radius 1 is 0.392 bits per heavy atom. The zero-order valence-electron chi connectivity index (χ0n) is 43.2. The number of nitrogens with zero attached hydrogens (tertiary/aromatic N) is 6. The fraction of sp³-hybridized carbons (Fsp3) is 0.0137. The van der Waals surface area contributed by atoms with Crippen molar-refractivity contribution in [3.05, 3.63) is 278 Å².